The lowest BCUT2D eigenvalue weighted by atomic mass is 9.64. The first kappa shape index (κ1) is 13.2. The van der Waals surface area contributed by atoms with Crippen LogP contribution in [0.3, 0.4) is 0 Å². The Morgan fingerprint density at radius 1 is 0.947 bits per heavy atom. The van der Waals surface area contributed by atoms with Gasteiger partial charge >= 0.3 is 0 Å². The summed E-state index contributed by atoms with van der Waals surface area (Å²) in [5.41, 5.74) is 3.56. The van der Waals surface area contributed by atoms with Gasteiger partial charge < -0.3 is 4.90 Å². The molecule has 1 nitrogen and oxygen atoms in total. The minimum Gasteiger partial charge on any atom is -0.302 e. The average molecular weight is 257 g/mol. The van der Waals surface area contributed by atoms with Gasteiger partial charge in [0.1, 0.15) is 0 Å². The highest BCUT2D eigenvalue weighted by Gasteiger charge is 2.40. The molecule has 1 aliphatic heterocycles. The predicted octanol–water partition coefficient (Wildman–Crippen LogP) is 4.16. The van der Waals surface area contributed by atoms with E-state index in [9.17, 15) is 0 Å². The zero-order valence-corrected chi connectivity index (χ0v) is 12.3. The van der Waals surface area contributed by atoms with Crippen molar-refractivity contribution in [3.05, 3.63) is 35.4 Å². The third-order valence-electron chi connectivity index (χ3n) is 5.26. The molecule has 0 bridgehead atoms. The van der Waals surface area contributed by atoms with Crippen LogP contribution in [0.5, 0.6) is 0 Å². The lowest BCUT2D eigenvalue weighted by Crippen LogP contribution is -2.47. The Morgan fingerprint density at radius 3 is 2.16 bits per heavy atom. The summed E-state index contributed by atoms with van der Waals surface area (Å²) in [6, 6.07) is 9.49. The SMILES string of the molecule is CCc1ccc(C2(CN3CCCCC3)CCC2)cc1. The van der Waals surface area contributed by atoms with E-state index in [2.05, 4.69) is 36.1 Å². The van der Waals surface area contributed by atoms with Crippen LogP contribution in [0.25, 0.3) is 0 Å². The van der Waals surface area contributed by atoms with Crippen molar-refractivity contribution in [3.8, 4) is 0 Å². The fourth-order valence-electron chi connectivity index (χ4n) is 3.78. The molecule has 1 saturated carbocycles. The molecule has 0 amide bonds. The van der Waals surface area contributed by atoms with Crippen LogP contribution in [-0.4, -0.2) is 24.5 Å². The van der Waals surface area contributed by atoms with Crippen molar-refractivity contribution in [1.82, 2.24) is 4.90 Å². The van der Waals surface area contributed by atoms with Crippen LogP contribution in [0.4, 0.5) is 0 Å². The fraction of sp³-hybridized carbons (Fsp3) is 0.667. The number of piperidine rings is 1. The Morgan fingerprint density at radius 2 is 1.63 bits per heavy atom. The average Bonchev–Trinajstić information content (AvgIpc) is 2.44. The Kier molecular flexibility index (Phi) is 3.93. The van der Waals surface area contributed by atoms with E-state index in [1.165, 1.54) is 63.7 Å². The van der Waals surface area contributed by atoms with Crippen LogP contribution >= 0.6 is 0 Å². The Labute approximate surface area is 118 Å². The van der Waals surface area contributed by atoms with Crippen molar-refractivity contribution >= 4 is 0 Å². The molecule has 1 aliphatic carbocycles. The number of aryl methyl sites for hydroxylation is 1. The fourth-order valence-corrected chi connectivity index (χ4v) is 3.78. The summed E-state index contributed by atoms with van der Waals surface area (Å²) in [4.78, 5) is 2.72. The molecule has 2 fully saturated rings. The van der Waals surface area contributed by atoms with E-state index < -0.39 is 0 Å². The molecule has 0 aromatic heterocycles. The van der Waals surface area contributed by atoms with Gasteiger partial charge in [-0.25, -0.2) is 0 Å². The largest absolute Gasteiger partial charge is 0.302 e. The molecule has 0 unspecified atom stereocenters. The molecule has 1 heteroatoms. The second-order valence-electron chi connectivity index (χ2n) is 6.52. The van der Waals surface area contributed by atoms with Crippen molar-refractivity contribution in [2.75, 3.05) is 19.6 Å². The highest BCUT2D eigenvalue weighted by atomic mass is 15.1. The minimum atomic E-state index is 0.490. The van der Waals surface area contributed by atoms with Gasteiger partial charge in [-0.2, -0.15) is 0 Å². The van der Waals surface area contributed by atoms with Crippen LogP contribution < -0.4 is 0 Å². The molecule has 1 aromatic carbocycles. The van der Waals surface area contributed by atoms with Gasteiger partial charge in [0.15, 0.2) is 0 Å². The van der Waals surface area contributed by atoms with Gasteiger partial charge in [0.2, 0.25) is 0 Å². The molecule has 1 saturated heterocycles. The van der Waals surface area contributed by atoms with Crippen molar-refractivity contribution in [2.45, 2.75) is 57.3 Å². The molecular weight excluding hydrogens is 230 g/mol. The van der Waals surface area contributed by atoms with E-state index in [4.69, 9.17) is 0 Å². The maximum Gasteiger partial charge on any atom is 0.00803 e. The summed E-state index contributed by atoms with van der Waals surface area (Å²) >= 11 is 0. The van der Waals surface area contributed by atoms with Crippen molar-refractivity contribution in [3.63, 3.8) is 0 Å². The first-order chi connectivity index (χ1) is 9.32. The molecule has 19 heavy (non-hydrogen) atoms. The van der Waals surface area contributed by atoms with Crippen LogP contribution in [0.1, 0.15) is 56.6 Å². The summed E-state index contributed by atoms with van der Waals surface area (Å²) in [7, 11) is 0. The van der Waals surface area contributed by atoms with Crippen molar-refractivity contribution in [2.24, 2.45) is 0 Å². The third kappa shape index (κ3) is 2.72. The first-order valence-electron chi connectivity index (χ1n) is 8.14. The summed E-state index contributed by atoms with van der Waals surface area (Å²) in [6.07, 6.45) is 9.62. The number of hydrogen-bond acceptors (Lipinski definition) is 1. The number of hydrogen-bond donors (Lipinski definition) is 0. The highest BCUT2D eigenvalue weighted by molar-refractivity contribution is 5.32. The Bertz CT molecular complexity index is 396. The van der Waals surface area contributed by atoms with Gasteiger partial charge in [-0.05, 0) is 56.3 Å². The molecule has 0 spiro atoms. The van der Waals surface area contributed by atoms with Crippen molar-refractivity contribution < 1.29 is 0 Å². The molecule has 1 aromatic rings. The first-order valence-corrected chi connectivity index (χ1v) is 8.14. The monoisotopic (exact) mass is 257 g/mol. The molecule has 104 valence electrons. The van der Waals surface area contributed by atoms with Gasteiger partial charge in [0.05, 0.1) is 0 Å². The standard InChI is InChI=1S/C18H27N/c1-2-16-7-9-17(10-8-16)18(11-6-12-18)15-19-13-4-3-5-14-19/h7-10H,2-6,11-15H2,1H3. The molecular formula is C18H27N. The number of benzene rings is 1. The summed E-state index contributed by atoms with van der Waals surface area (Å²) < 4.78 is 0. The molecule has 3 rings (SSSR count). The van der Waals surface area contributed by atoms with Crippen LogP contribution in [0.2, 0.25) is 0 Å². The minimum absolute atomic E-state index is 0.490. The summed E-state index contributed by atoms with van der Waals surface area (Å²) in [6.45, 7) is 6.20. The second-order valence-corrected chi connectivity index (χ2v) is 6.52. The molecule has 1 heterocycles. The van der Waals surface area contributed by atoms with Gasteiger partial charge in [0, 0.05) is 12.0 Å². The summed E-state index contributed by atoms with van der Waals surface area (Å²) in [5.74, 6) is 0. The molecule has 0 atom stereocenters. The second kappa shape index (κ2) is 5.66. The van der Waals surface area contributed by atoms with E-state index in [1.807, 2.05) is 0 Å². The van der Waals surface area contributed by atoms with Gasteiger partial charge in [0.25, 0.3) is 0 Å². The maximum absolute atomic E-state index is 2.72. The van der Waals surface area contributed by atoms with Crippen LogP contribution in [-0.2, 0) is 11.8 Å². The van der Waals surface area contributed by atoms with E-state index in [1.54, 1.807) is 5.56 Å². The van der Waals surface area contributed by atoms with Crippen LogP contribution in [0.15, 0.2) is 24.3 Å². The van der Waals surface area contributed by atoms with E-state index in [0.717, 1.165) is 6.42 Å². The number of rotatable bonds is 4. The van der Waals surface area contributed by atoms with Gasteiger partial charge in [-0.1, -0.05) is 44.0 Å². The van der Waals surface area contributed by atoms with E-state index in [0.29, 0.717) is 5.41 Å². The zero-order valence-electron chi connectivity index (χ0n) is 12.3. The topological polar surface area (TPSA) is 3.24 Å². The predicted molar refractivity (Wildman–Crippen MR) is 81.6 cm³/mol. The summed E-state index contributed by atoms with van der Waals surface area (Å²) in [5, 5.41) is 0. The number of nitrogens with zero attached hydrogens (tertiary/aromatic N) is 1. The van der Waals surface area contributed by atoms with Gasteiger partial charge in [-0.15, -0.1) is 0 Å². The number of likely N-dealkylation sites (tertiary alicyclic amines) is 1. The molecule has 0 N–H and O–H groups in total. The highest BCUT2D eigenvalue weighted by Crippen LogP contribution is 2.44. The van der Waals surface area contributed by atoms with Gasteiger partial charge in [-0.3, -0.25) is 0 Å². The van der Waals surface area contributed by atoms with Crippen LogP contribution in [0, 0.1) is 0 Å². The maximum atomic E-state index is 2.72. The molecule has 0 radical (unpaired) electrons. The normalized spacial score (nSPS) is 23.0. The zero-order chi connectivity index (χ0) is 13.1. The Balaban J connectivity index is 1.73. The lowest BCUT2D eigenvalue weighted by Gasteiger charge is -2.46. The Hall–Kier alpha value is -0.820. The smallest absolute Gasteiger partial charge is 0.00803 e. The molecule has 2 aliphatic rings. The van der Waals surface area contributed by atoms with Crippen molar-refractivity contribution in [1.29, 1.82) is 0 Å². The quantitative estimate of drug-likeness (QED) is 0.783. The third-order valence-corrected chi connectivity index (χ3v) is 5.26. The lowest BCUT2D eigenvalue weighted by molar-refractivity contribution is 0.122. The van der Waals surface area contributed by atoms with E-state index in [-0.39, 0.29) is 0 Å². The van der Waals surface area contributed by atoms with E-state index >= 15 is 0 Å².